The summed E-state index contributed by atoms with van der Waals surface area (Å²) in [5, 5.41) is 22.4. The number of aliphatic hydroxyl groups is 2. The van der Waals surface area contributed by atoms with E-state index < -0.39 is 76.5 Å². The fourth-order valence-corrected chi connectivity index (χ4v) is 7.61. The number of aliphatic hydroxyl groups excluding tert-OH is 2. The maximum Gasteiger partial charge on any atom is 0.354 e. The van der Waals surface area contributed by atoms with Gasteiger partial charge >= 0.3 is 14.3 Å². The predicted molar refractivity (Wildman–Crippen MR) is 147 cm³/mol. The average Bonchev–Trinajstić information content (AvgIpc) is 3.73. The summed E-state index contributed by atoms with van der Waals surface area (Å²) in [7, 11) is -4.67. The predicted octanol–water partition coefficient (Wildman–Crippen LogP) is -1.52. The lowest BCUT2D eigenvalue weighted by Gasteiger charge is -2.29. The number of fused-ring (bicyclic) bond motifs is 4. The Labute approximate surface area is 250 Å². The highest BCUT2D eigenvalue weighted by Crippen LogP contribution is 2.53. The molecule has 3 aliphatic rings. The lowest BCUT2D eigenvalue weighted by atomic mass is 10.1. The van der Waals surface area contributed by atoms with E-state index in [9.17, 15) is 24.6 Å². The summed E-state index contributed by atoms with van der Waals surface area (Å²) >= 11 is 5.19. The summed E-state index contributed by atoms with van der Waals surface area (Å²) in [4.78, 5) is 45.9. The number of anilines is 2. The van der Waals surface area contributed by atoms with Crippen LogP contribution in [0.3, 0.4) is 0 Å². The zero-order valence-electron chi connectivity index (χ0n) is 22.0. The molecule has 236 valence electrons. The third kappa shape index (κ3) is 5.16. The molecule has 21 nitrogen and oxygen atoms in total. The summed E-state index contributed by atoms with van der Waals surface area (Å²) in [6.07, 6.45) is -7.57. The van der Waals surface area contributed by atoms with E-state index in [0.717, 1.165) is 0 Å². The Kier molecular flexibility index (Phi) is 7.41. The highest BCUT2D eigenvalue weighted by Gasteiger charge is 2.53. The van der Waals surface area contributed by atoms with E-state index in [1.54, 1.807) is 0 Å². The van der Waals surface area contributed by atoms with Crippen LogP contribution in [0.1, 0.15) is 12.5 Å². The summed E-state index contributed by atoms with van der Waals surface area (Å²) in [6, 6.07) is 0. The minimum atomic E-state index is -4.67. The molecule has 3 aliphatic heterocycles. The molecule has 0 aliphatic carbocycles. The van der Waals surface area contributed by atoms with E-state index in [0.29, 0.717) is 0 Å². The highest BCUT2D eigenvalue weighted by atomic mass is 32.5. The van der Waals surface area contributed by atoms with Gasteiger partial charge in [0.25, 0.3) is 0 Å². The lowest BCUT2D eigenvalue weighted by Crippen LogP contribution is -2.38. The van der Waals surface area contributed by atoms with E-state index >= 15 is 0 Å². The van der Waals surface area contributed by atoms with Crippen molar-refractivity contribution in [3.8, 4) is 0 Å². The molecule has 0 radical (unpaired) electrons. The van der Waals surface area contributed by atoms with Gasteiger partial charge < -0.3 is 50.2 Å². The number of nitrogens with zero attached hydrogens (tertiary/aromatic N) is 8. The number of hydrogen-bond acceptors (Lipinski definition) is 18. The molecule has 7 heterocycles. The van der Waals surface area contributed by atoms with Crippen molar-refractivity contribution in [2.24, 2.45) is 0 Å². The smallest absolute Gasteiger partial charge is 0.354 e. The maximum absolute atomic E-state index is 13.2. The molecule has 4 aromatic rings. The Balaban J connectivity index is 1.17. The van der Waals surface area contributed by atoms with Crippen molar-refractivity contribution in [1.29, 1.82) is 0 Å². The first kappa shape index (κ1) is 29.9. The second kappa shape index (κ2) is 10.9. The Morgan fingerprint density at radius 3 is 2.02 bits per heavy atom. The molecule has 0 aromatic carbocycles. The van der Waals surface area contributed by atoms with Gasteiger partial charge in [-0.2, -0.15) is 0 Å². The van der Waals surface area contributed by atoms with Crippen LogP contribution in [0.5, 0.6) is 0 Å². The highest BCUT2D eigenvalue weighted by molar-refractivity contribution is 8.07. The van der Waals surface area contributed by atoms with Crippen LogP contribution in [0, 0.1) is 0 Å². The van der Waals surface area contributed by atoms with E-state index in [2.05, 4.69) is 29.9 Å². The molecule has 0 bridgehead atoms. The van der Waals surface area contributed by atoms with Gasteiger partial charge in [0.15, 0.2) is 48.0 Å². The second-order valence-electron chi connectivity index (χ2n) is 9.94. The number of nitrogens with two attached hydrogens (primary N) is 2. The fraction of sp³-hybridized carbons (Fsp3) is 0.500. The second-order valence-corrected chi connectivity index (χ2v) is 14.5. The van der Waals surface area contributed by atoms with E-state index in [4.69, 9.17) is 51.1 Å². The van der Waals surface area contributed by atoms with Gasteiger partial charge in [0.1, 0.15) is 54.2 Å². The minimum absolute atomic E-state index is 0.0775. The molecule has 4 aromatic heterocycles. The van der Waals surface area contributed by atoms with Gasteiger partial charge in [0.2, 0.25) is 0 Å². The number of aromatic nitrogens is 8. The standard InChI is InChI=1S/C20H24N10O11P2S/c21-14-8-16(25-2-23-14)29(4-27-8)18-10(31)12-7(38-18)1-37-43(35,44)41-13-11(32)19(39-20(13)36-6-42(33,34)40-12)30-5-28-9-15(22)24-3-26-17(9)30/h2-5,7,10-13,18-20,31-32H,1,6H2,(H,33,34)(H,35,44)(H2,21,23,25)(H2,22,24,26)/t7-,10+,11+,12?,13?,18-,19-,20+,43?/m1/s1. The van der Waals surface area contributed by atoms with Crippen LogP contribution >= 0.6 is 14.3 Å². The van der Waals surface area contributed by atoms with Crippen molar-refractivity contribution in [3.05, 3.63) is 25.3 Å². The van der Waals surface area contributed by atoms with Crippen LogP contribution in [0.15, 0.2) is 25.3 Å². The zero-order valence-corrected chi connectivity index (χ0v) is 24.6. The van der Waals surface area contributed by atoms with Crippen molar-refractivity contribution in [1.82, 2.24) is 39.0 Å². The van der Waals surface area contributed by atoms with Gasteiger partial charge in [-0.25, -0.2) is 29.9 Å². The van der Waals surface area contributed by atoms with E-state index in [-0.39, 0.29) is 34.0 Å². The van der Waals surface area contributed by atoms with Crippen LogP contribution in [0.2, 0.25) is 0 Å². The number of ether oxygens (including phenoxy) is 3. The molecule has 3 fully saturated rings. The van der Waals surface area contributed by atoms with Gasteiger partial charge in [0, 0.05) is 0 Å². The molecule has 0 spiro atoms. The first-order valence-electron chi connectivity index (χ1n) is 12.7. The normalized spacial score (nSPS) is 38.3. The van der Waals surface area contributed by atoms with Crippen LogP contribution < -0.4 is 11.5 Å². The average molecular weight is 674 g/mol. The van der Waals surface area contributed by atoms with Crippen LogP contribution in [-0.2, 0) is 44.2 Å². The number of nitrogen functional groups attached to an aromatic ring is 2. The number of rotatable bonds is 2. The molecule has 3 saturated heterocycles. The quantitative estimate of drug-likeness (QED) is 0.132. The van der Waals surface area contributed by atoms with Gasteiger partial charge in [-0.05, 0) is 11.8 Å². The van der Waals surface area contributed by atoms with Crippen LogP contribution in [-0.4, -0.2) is 109 Å². The summed E-state index contributed by atoms with van der Waals surface area (Å²) < 4.78 is 49.7. The van der Waals surface area contributed by atoms with Gasteiger partial charge in [-0.3, -0.25) is 22.7 Å². The SMILES string of the molecule is Nc1ncnc2c1ncn2[C@@H]1O[C@@H]2OCP(=O)(O)OC3[C@@H](COP(O)(=S)OC2[C@@H]1O)O[C@@H](n1cnc2c(N)ncnc21)[C@H]3O. The number of hydrogen-bond donors (Lipinski definition) is 6. The Hall–Kier alpha value is -2.82. The molecule has 8 N–H and O–H groups in total. The third-order valence-electron chi connectivity index (χ3n) is 7.15. The maximum atomic E-state index is 13.2. The molecule has 44 heavy (non-hydrogen) atoms. The summed E-state index contributed by atoms with van der Waals surface area (Å²) in [5.74, 6) is 0.159. The summed E-state index contributed by atoms with van der Waals surface area (Å²) in [6.45, 7) is -4.75. The first-order chi connectivity index (χ1) is 20.9. The largest absolute Gasteiger partial charge is 0.386 e. The van der Waals surface area contributed by atoms with Crippen molar-refractivity contribution < 1.29 is 52.3 Å². The van der Waals surface area contributed by atoms with E-state index in [1.807, 2.05) is 0 Å². The molecule has 10 atom stereocenters. The van der Waals surface area contributed by atoms with Crippen molar-refractivity contribution in [2.45, 2.75) is 49.3 Å². The van der Waals surface area contributed by atoms with Crippen LogP contribution in [0.4, 0.5) is 11.6 Å². The Bertz CT molecular complexity index is 1700. The molecule has 7 rings (SSSR count). The van der Waals surface area contributed by atoms with Crippen molar-refractivity contribution in [3.63, 3.8) is 0 Å². The third-order valence-corrected chi connectivity index (χ3v) is 9.76. The lowest BCUT2D eigenvalue weighted by molar-refractivity contribution is -0.167. The molecule has 0 amide bonds. The monoisotopic (exact) mass is 674 g/mol. The van der Waals surface area contributed by atoms with Crippen molar-refractivity contribution in [2.75, 3.05) is 24.4 Å². The summed E-state index contributed by atoms with van der Waals surface area (Å²) in [5.41, 5.74) is 12.6. The van der Waals surface area contributed by atoms with Gasteiger partial charge in [-0.1, -0.05) is 0 Å². The molecule has 24 heteroatoms. The van der Waals surface area contributed by atoms with E-state index in [1.165, 1.54) is 34.4 Å². The Morgan fingerprint density at radius 1 is 0.841 bits per heavy atom. The van der Waals surface area contributed by atoms with Crippen molar-refractivity contribution >= 4 is 60.1 Å². The Morgan fingerprint density at radius 2 is 1.41 bits per heavy atom. The number of imidazole rings is 2. The molecule has 0 saturated carbocycles. The molecular formula is C20H24N10O11P2S. The molecule has 4 unspecified atom stereocenters. The zero-order chi connectivity index (χ0) is 31.0. The first-order valence-corrected chi connectivity index (χ1v) is 17.1. The van der Waals surface area contributed by atoms with Gasteiger partial charge in [-0.15, -0.1) is 0 Å². The topological polar surface area (TPSA) is 293 Å². The fourth-order valence-electron chi connectivity index (χ4n) is 5.16. The molecular weight excluding hydrogens is 650 g/mol. The van der Waals surface area contributed by atoms with Crippen LogP contribution in [0.25, 0.3) is 22.3 Å². The minimum Gasteiger partial charge on any atom is -0.386 e. The van der Waals surface area contributed by atoms with Gasteiger partial charge in [0.05, 0.1) is 19.3 Å².